The third kappa shape index (κ3) is 4.68. The van der Waals surface area contributed by atoms with Crippen molar-refractivity contribution in [2.45, 2.75) is 6.16 Å². The van der Waals surface area contributed by atoms with Gasteiger partial charge in [0.1, 0.15) is 0 Å². The van der Waals surface area contributed by atoms with E-state index >= 15 is 0 Å². The van der Waals surface area contributed by atoms with E-state index in [9.17, 15) is 0 Å². The minimum atomic E-state index is -2.39. The van der Waals surface area contributed by atoms with Gasteiger partial charge in [-0.15, -0.1) is 0 Å². The molecule has 5 aromatic rings. The minimum absolute atomic E-state index is 0.968. The van der Waals surface area contributed by atoms with Crippen LogP contribution >= 0.6 is 39.1 Å². The van der Waals surface area contributed by atoms with Gasteiger partial charge in [0.05, 0.1) is 0 Å². The van der Waals surface area contributed by atoms with E-state index in [0.717, 1.165) is 15.1 Å². The molecule has 0 aliphatic carbocycles. The maximum atomic E-state index is 3.76. The van der Waals surface area contributed by atoms with Crippen molar-refractivity contribution in [2.24, 2.45) is 0 Å². The number of hydrogen-bond donors (Lipinski definition) is 0. The van der Waals surface area contributed by atoms with Crippen LogP contribution in [-0.2, 0) is 6.16 Å². The Kier molecular flexibility index (Phi) is 7.11. The Morgan fingerprint density at radius 3 is 1.38 bits per heavy atom. The molecule has 0 amide bonds. The number of hydrogen-bond acceptors (Lipinski definition) is 0. The van der Waals surface area contributed by atoms with Crippen molar-refractivity contribution in [3.05, 3.63) is 148 Å². The summed E-state index contributed by atoms with van der Waals surface area (Å²) >= 11 is 7.35. The molecule has 0 radical (unpaired) electrons. The summed E-state index contributed by atoms with van der Waals surface area (Å²) in [7, 11) is -2.39. The van der Waals surface area contributed by atoms with Gasteiger partial charge in [0.25, 0.3) is 0 Å². The van der Waals surface area contributed by atoms with E-state index in [-0.39, 0.29) is 0 Å². The second-order valence-corrected chi connectivity index (χ2v) is 14.2. The average Bonchev–Trinajstić information content (AvgIpc) is 2.90. The molecular formula is C31H25Br2P. The SMILES string of the molecule is Brc1ccc(-c2ccc(Br)cc2C[PH](c2ccccc2)(c2ccccc2)c2ccccc2)cc1. The molecule has 168 valence electrons. The maximum absolute atomic E-state index is 3.76. The van der Waals surface area contributed by atoms with Crippen LogP contribution < -0.4 is 15.9 Å². The predicted molar refractivity (Wildman–Crippen MR) is 158 cm³/mol. The van der Waals surface area contributed by atoms with E-state index in [1.807, 2.05) is 0 Å². The molecule has 0 N–H and O–H groups in total. The van der Waals surface area contributed by atoms with Gasteiger partial charge in [-0.3, -0.25) is 0 Å². The molecule has 0 heterocycles. The first-order chi connectivity index (χ1) is 16.7. The Morgan fingerprint density at radius 2 is 0.912 bits per heavy atom. The molecule has 0 saturated heterocycles. The Balaban J connectivity index is 1.78. The van der Waals surface area contributed by atoms with Crippen LogP contribution in [0.15, 0.2) is 142 Å². The first-order valence-electron chi connectivity index (χ1n) is 11.4. The monoisotopic (exact) mass is 586 g/mol. The van der Waals surface area contributed by atoms with Crippen LogP contribution in [0.5, 0.6) is 0 Å². The molecule has 0 fully saturated rings. The number of rotatable bonds is 6. The van der Waals surface area contributed by atoms with E-state index < -0.39 is 7.26 Å². The number of halogens is 2. The molecule has 0 spiro atoms. The van der Waals surface area contributed by atoms with E-state index in [1.54, 1.807) is 0 Å². The normalized spacial score (nSPS) is 11.8. The zero-order valence-electron chi connectivity index (χ0n) is 18.7. The second kappa shape index (κ2) is 10.4. The van der Waals surface area contributed by atoms with Gasteiger partial charge in [0.15, 0.2) is 0 Å². The van der Waals surface area contributed by atoms with Gasteiger partial charge in [-0.05, 0) is 0 Å². The van der Waals surface area contributed by atoms with Crippen molar-refractivity contribution in [3.8, 4) is 11.1 Å². The van der Waals surface area contributed by atoms with Gasteiger partial charge in [0, 0.05) is 0 Å². The van der Waals surface area contributed by atoms with E-state index in [0.29, 0.717) is 0 Å². The zero-order chi connectivity index (χ0) is 23.4. The Bertz CT molecular complexity index is 1270. The summed E-state index contributed by atoms with van der Waals surface area (Å²) in [5.74, 6) is 0. The topological polar surface area (TPSA) is 0 Å². The Morgan fingerprint density at radius 1 is 0.471 bits per heavy atom. The van der Waals surface area contributed by atoms with Gasteiger partial charge in [-0.2, -0.15) is 0 Å². The molecule has 0 nitrogen and oxygen atoms in total. The summed E-state index contributed by atoms with van der Waals surface area (Å²) in [6.07, 6.45) is 0.968. The molecule has 5 aromatic carbocycles. The summed E-state index contributed by atoms with van der Waals surface area (Å²) in [4.78, 5) is 0. The molecule has 0 aliphatic rings. The fraction of sp³-hybridized carbons (Fsp3) is 0.0323. The second-order valence-electron chi connectivity index (χ2n) is 8.49. The molecular weight excluding hydrogens is 563 g/mol. The fourth-order valence-corrected chi connectivity index (χ4v) is 10.3. The van der Waals surface area contributed by atoms with Crippen LogP contribution in [0.2, 0.25) is 0 Å². The van der Waals surface area contributed by atoms with Crippen molar-refractivity contribution in [3.63, 3.8) is 0 Å². The van der Waals surface area contributed by atoms with Gasteiger partial charge in [-0.1, -0.05) is 0 Å². The molecule has 0 aromatic heterocycles. The quantitative estimate of drug-likeness (QED) is 0.176. The van der Waals surface area contributed by atoms with Gasteiger partial charge in [-0.25, -0.2) is 0 Å². The summed E-state index contributed by atoms with van der Waals surface area (Å²) < 4.78 is 2.21. The van der Waals surface area contributed by atoms with Crippen LogP contribution in [0.1, 0.15) is 5.56 Å². The average molecular weight is 588 g/mol. The van der Waals surface area contributed by atoms with Crippen LogP contribution in [0.4, 0.5) is 0 Å². The van der Waals surface area contributed by atoms with Crippen LogP contribution in [-0.4, -0.2) is 0 Å². The molecule has 5 rings (SSSR count). The molecule has 3 heteroatoms. The van der Waals surface area contributed by atoms with Crippen molar-refractivity contribution < 1.29 is 0 Å². The molecule has 0 saturated carbocycles. The van der Waals surface area contributed by atoms with Gasteiger partial charge >= 0.3 is 220 Å². The summed E-state index contributed by atoms with van der Waals surface area (Å²) in [6.45, 7) is 0. The Hall–Kier alpha value is -2.51. The molecule has 34 heavy (non-hydrogen) atoms. The molecule has 0 atom stereocenters. The van der Waals surface area contributed by atoms with Crippen molar-refractivity contribution in [2.75, 3.05) is 0 Å². The van der Waals surface area contributed by atoms with Crippen molar-refractivity contribution in [1.29, 1.82) is 0 Å². The predicted octanol–water partition coefficient (Wildman–Crippen LogP) is 8.11. The first kappa shape index (κ1) is 23.2. The van der Waals surface area contributed by atoms with Crippen molar-refractivity contribution >= 4 is 55.0 Å². The standard InChI is InChI=1S/C31H25Br2P/c32-26-18-16-24(17-19-26)31-21-20-27(33)22-25(31)23-34(28-10-4-1-5-11-28,29-12-6-2-7-13-29)30-14-8-3-9-15-30/h1-22,34H,23H2. The summed E-state index contributed by atoms with van der Waals surface area (Å²) in [6, 6.07) is 48.7. The number of benzene rings is 5. The zero-order valence-corrected chi connectivity index (χ0v) is 22.8. The molecule has 0 aliphatic heterocycles. The van der Waals surface area contributed by atoms with E-state index in [1.165, 1.54) is 32.6 Å². The Labute approximate surface area is 219 Å². The molecule has 0 bridgehead atoms. The van der Waals surface area contributed by atoms with Crippen LogP contribution in [0, 0.1) is 0 Å². The van der Waals surface area contributed by atoms with Crippen LogP contribution in [0.3, 0.4) is 0 Å². The van der Waals surface area contributed by atoms with E-state index in [4.69, 9.17) is 0 Å². The third-order valence-corrected chi connectivity index (χ3v) is 12.4. The summed E-state index contributed by atoms with van der Waals surface area (Å²) in [5, 5.41) is 4.28. The van der Waals surface area contributed by atoms with Gasteiger partial charge < -0.3 is 0 Å². The first-order valence-corrected chi connectivity index (χ1v) is 15.2. The van der Waals surface area contributed by atoms with Gasteiger partial charge in [0.2, 0.25) is 0 Å². The van der Waals surface area contributed by atoms with Crippen molar-refractivity contribution in [1.82, 2.24) is 0 Å². The third-order valence-electron chi connectivity index (χ3n) is 6.48. The summed E-state index contributed by atoms with van der Waals surface area (Å²) in [5.41, 5.74) is 3.89. The fourth-order valence-electron chi connectivity index (χ4n) is 4.88. The molecule has 0 unspecified atom stereocenters. The van der Waals surface area contributed by atoms with Crippen LogP contribution in [0.25, 0.3) is 11.1 Å². The van der Waals surface area contributed by atoms with E-state index in [2.05, 4.69) is 165 Å².